The molecular weight excluding hydrogens is 190 g/mol. The first-order valence-electron chi connectivity index (χ1n) is 5.43. The lowest BCUT2D eigenvalue weighted by atomic mass is 10.2. The molecule has 1 aromatic rings. The Balaban J connectivity index is 2.62. The Morgan fingerprint density at radius 3 is 2.93 bits per heavy atom. The molecule has 0 saturated heterocycles. The first-order valence-corrected chi connectivity index (χ1v) is 5.43. The monoisotopic (exact) mass is 211 g/mol. The summed E-state index contributed by atoms with van der Waals surface area (Å²) in [7, 11) is 1.73. The Morgan fingerprint density at radius 1 is 1.60 bits per heavy atom. The third-order valence-electron chi connectivity index (χ3n) is 2.60. The zero-order chi connectivity index (χ0) is 11.3. The van der Waals surface area contributed by atoms with Crippen LogP contribution < -0.4 is 5.32 Å². The van der Waals surface area contributed by atoms with E-state index in [1.54, 1.807) is 7.11 Å². The molecule has 0 saturated carbocycles. The summed E-state index contributed by atoms with van der Waals surface area (Å²) in [6.07, 6.45) is 2.14. The summed E-state index contributed by atoms with van der Waals surface area (Å²) in [5.74, 6) is 0. The van der Waals surface area contributed by atoms with E-state index in [9.17, 15) is 0 Å². The maximum Gasteiger partial charge on any atom is 0.0739 e. The van der Waals surface area contributed by atoms with Crippen LogP contribution in [0.5, 0.6) is 0 Å². The van der Waals surface area contributed by atoms with Crippen LogP contribution in [0.4, 0.5) is 0 Å². The molecule has 0 bridgehead atoms. The van der Waals surface area contributed by atoms with Crippen molar-refractivity contribution in [1.82, 2.24) is 15.1 Å². The van der Waals surface area contributed by atoms with Crippen molar-refractivity contribution in [2.24, 2.45) is 0 Å². The Bertz CT molecular complexity index is 296. The van der Waals surface area contributed by atoms with E-state index >= 15 is 0 Å². The lowest BCUT2D eigenvalue weighted by Crippen LogP contribution is -2.17. The number of hydrogen-bond acceptors (Lipinski definition) is 3. The van der Waals surface area contributed by atoms with Crippen LogP contribution in [-0.2, 0) is 17.8 Å². The number of nitrogens with zero attached hydrogens (tertiary/aromatic N) is 2. The van der Waals surface area contributed by atoms with Crippen molar-refractivity contribution in [3.8, 4) is 0 Å². The van der Waals surface area contributed by atoms with Crippen LogP contribution in [0.1, 0.15) is 25.1 Å². The average Bonchev–Trinajstić information content (AvgIpc) is 2.57. The van der Waals surface area contributed by atoms with Gasteiger partial charge in [0, 0.05) is 24.9 Å². The van der Waals surface area contributed by atoms with Gasteiger partial charge in [-0.2, -0.15) is 5.10 Å². The van der Waals surface area contributed by atoms with E-state index in [2.05, 4.69) is 24.3 Å². The lowest BCUT2D eigenvalue weighted by Gasteiger charge is -2.11. The smallest absolute Gasteiger partial charge is 0.0739 e. The molecule has 0 aliphatic heterocycles. The molecule has 0 aliphatic carbocycles. The minimum atomic E-state index is 0.204. The van der Waals surface area contributed by atoms with Gasteiger partial charge in [0.05, 0.1) is 18.8 Å². The normalized spacial score (nSPS) is 13.1. The second kappa shape index (κ2) is 5.88. The molecule has 1 aromatic heterocycles. The van der Waals surface area contributed by atoms with Gasteiger partial charge >= 0.3 is 0 Å². The number of ether oxygens (including phenoxy) is 1. The van der Waals surface area contributed by atoms with E-state index in [1.165, 1.54) is 11.3 Å². The molecule has 0 radical (unpaired) electrons. The summed E-state index contributed by atoms with van der Waals surface area (Å²) in [5.41, 5.74) is 2.49. The number of nitrogens with one attached hydrogen (secondary N) is 1. The zero-order valence-corrected chi connectivity index (χ0v) is 10.1. The fraction of sp³-hybridized carbons (Fsp3) is 0.727. The number of methoxy groups -OCH3 is 1. The van der Waals surface area contributed by atoms with Crippen molar-refractivity contribution in [1.29, 1.82) is 0 Å². The second-order valence-electron chi connectivity index (χ2n) is 3.76. The van der Waals surface area contributed by atoms with Crippen LogP contribution in [0.15, 0.2) is 6.20 Å². The summed E-state index contributed by atoms with van der Waals surface area (Å²) < 4.78 is 7.22. The Morgan fingerprint density at radius 2 is 2.33 bits per heavy atom. The molecule has 1 unspecified atom stereocenters. The molecule has 15 heavy (non-hydrogen) atoms. The Labute approximate surface area is 91.6 Å². The van der Waals surface area contributed by atoms with Crippen molar-refractivity contribution < 1.29 is 4.74 Å². The molecular formula is C11H21N3O. The van der Waals surface area contributed by atoms with Crippen LogP contribution in [-0.4, -0.2) is 29.5 Å². The maximum absolute atomic E-state index is 5.22. The Kier molecular flexibility index (Phi) is 4.78. The second-order valence-corrected chi connectivity index (χ2v) is 3.76. The summed E-state index contributed by atoms with van der Waals surface area (Å²) in [5, 5.41) is 7.65. The molecule has 0 spiro atoms. The lowest BCUT2D eigenvalue weighted by molar-refractivity contribution is 0.0992. The van der Waals surface area contributed by atoms with E-state index in [4.69, 9.17) is 4.74 Å². The SMILES string of the molecule is CCNCc1cnn(CC(C)OC)c1C. The highest BCUT2D eigenvalue weighted by Gasteiger charge is 2.08. The van der Waals surface area contributed by atoms with Gasteiger partial charge in [0.15, 0.2) is 0 Å². The highest BCUT2D eigenvalue weighted by atomic mass is 16.5. The number of hydrogen-bond donors (Lipinski definition) is 1. The largest absolute Gasteiger partial charge is 0.380 e. The first-order chi connectivity index (χ1) is 7.19. The summed E-state index contributed by atoms with van der Waals surface area (Å²) in [6, 6.07) is 0. The van der Waals surface area contributed by atoms with Crippen molar-refractivity contribution in [3.05, 3.63) is 17.5 Å². The van der Waals surface area contributed by atoms with E-state index < -0.39 is 0 Å². The number of aromatic nitrogens is 2. The van der Waals surface area contributed by atoms with E-state index in [-0.39, 0.29) is 6.10 Å². The van der Waals surface area contributed by atoms with Gasteiger partial charge in [0.2, 0.25) is 0 Å². The molecule has 4 heteroatoms. The van der Waals surface area contributed by atoms with Gasteiger partial charge in [-0.05, 0) is 20.4 Å². The molecule has 0 amide bonds. The third kappa shape index (κ3) is 3.32. The molecule has 86 valence electrons. The van der Waals surface area contributed by atoms with Crippen molar-refractivity contribution in [3.63, 3.8) is 0 Å². The van der Waals surface area contributed by atoms with Gasteiger partial charge in [-0.3, -0.25) is 4.68 Å². The minimum Gasteiger partial charge on any atom is -0.380 e. The molecule has 4 nitrogen and oxygen atoms in total. The van der Waals surface area contributed by atoms with E-state index in [1.807, 2.05) is 17.8 Å². The van der Waals surface area contributed by atoms with Crippen molar-refractivity contribution in [2.75, 3.05) is 13.7 Å². The van der Waals surface area contributed by atoms with Crippen molar-refractivity contribution >= 4 is 0 Å². The zero-order valence-electron chi connectivity index (χ0n) is 10.1. The molecule has 1 heterocycles. The predicted molar refractivity (Wildman–Crippen MR) is 60.8 cm³/mol. The standard InChI is InChI=1S/C11H21N3O/c1-5-12-6-11-7-13-14(10(11)3)8-9(2)15-4/h7,9,12H,5-6,8H2,1-4H3. The van der Waals surface area contributed by atoms with Gasteiger partial charge in [0.25, 0.3) is 0 Å². The van der Waals surface area contributed by atoms with Gasteiger partial charge in [-0.1, -0.05) is 6.92 Å². The summed E-state index contributed by atoms with van der Waals surface area (Å²) in [4.78, 5) is 0. The molecule has 1 atom stereocenters. The van der Waals surface area contributed by atoms with Gasteiger partial charge in [-0.15, -0.1) is 0 Å². The maximum atomic E-state index is 5.22. The van der Waals surface area contributed by atoms with Crippen LogP contribution in [0, 0.1) is 6.92 Å². The molecule has 1 N–H and O–H groups in total. The fourth-order valence-corrected chi connectivity index (χ4v) is 1.42. The van der Waals surface area contributed by atoms with Crippen LogP contribution in [0.25, 0.3) is 0 Å². The van der Waals surface area contributed by atoms with Gasteiger partial charge in [-0.25, -0.2) is 0 Å². The summed E-state index contributed by atoms with van der Waals surface area (Å²) >= 11 is 0. The average molecular weight is 211 g/mol. The highest BCUT2D eigenvalue weighted by Crippen LogP contribution is 2.08. The molecule has 1 rings (SSSR count). The van der Waals surface area contributed by atoms with Gasteiger partial charge < -0.3 is 10.1 Å². The molecule has 0 aromatic carbocycles. The van der Waals surface area contributed by atoms with Crippen LogP contribution in [0.2, 0.25) is 0 Å². The van der Waals surface area contributed by atoms with E-state index in [0.717, 1.165) is 19.6 Å². The number of rotatable bonds is 6. The fourth-order valence-electron chi connectivity index (χ4n) is 1.42. The third-order valence-corrected chi connectivity index (χ3v) is 2.60. The summed E-state index contributed by atoms with van der Waals surface area (Å²) in [6.45, 7) is 8.94. The quantitative estimate of drug-likeness (QED) is 0.771. The van der Waals surface area contributed by atoms with Crippen LogP contribution >= 0.6 is 0 Å². The highest BCUT2D eigenvalue weighted by molar-refractivity contribution is 5.15. The molecule has 0 fully saturated rings. The first kappa shape index (κ1) is 12.2. The van der Waals surface area contributed by atoms with Crippen LogP contribution in [0.3, 0.4) is 0 Å². The minimum absolute atomic E-state index is 0.204. The van der Waals surface area contributed by atoms with Crippen molar-refractivity contribution in [2.45, 2.75) is 40.0 Å². The van der Waals surface area contributed by atoms with E-state index in [0.29, 0.717) is 0 Å². The molecule has 0 aliphatic rings. The topological polar surface area (TPSA) is 39.1 Å². The Hall–Kier alpha value is -0.870. The predicted octanol–water partition coefficient (Wildman–Crippen LogP) is 1.34. The van der Waals surface area contributed by atoms with Gasteiger partial charge in [0.1, 0.15) is 0 Å².